The highest BCUT2D eigenvalue weighted by Crippen LogP contribution is 2.20. The maximum absolute atomic E-state index is 12.5. The molecule has 3 aromatic rings. The number of hydrogen-bond acceptors (Lipinski definition) is 6. The van der Waals surface area contributed by atoms with Crippen molar-refractivity contribution in [2.45, 2.75) is 6.42 Å². The van der Waals surface area contributed by atoms with Crippen molar-refractivity contribution in [1.29, 1.82) is 5.26 Å². The molecule has 0 fully saturated rings. The van der Waals surface area contributed by atoms with Crippen LogP contribution in [-0.2, 0) is 14.3 Å². The summed E-state index contributed by atoms with van der Waals surface area (Å²) in [6, 6.07) is 15.9. The number of anilines is 1. The average Bonchev–Trinajstić information content (AvgIpc) is 3.14. The Morgan fingerprint density at radius 2 is 2.07 bits per heavy atom. The summed E-state index contributed by atoms with van der Waals surface area (Å²) in [6.45, 7) is -0.319. The highest BCUT2D eigenvalue weighted by atomic mass is 35.5. The summed E-state index contributed by atoms with van der Waals surface area (Å²) in [5.74, 6) is -0.929. The van der Waals surface area contributed by atoms with Gasteiger partial charge in [-0.05, 0) is 30.3 Å². The maximum atomic E-state index is 12.5. The topological polar surface area (TPSA) is 96.4 Å². The summed E-state index contributed by atoms with van der Waals surface area (Å²) in [5.41, 5.74) is 1.80. The van der Waals surface area contributed by atoms with Crippen LogP contribution in [0.25, 0.3) is 17.2 Å². The number of amides is 1. The number of fused-ring (bicyclic) bond motifs is 1. The van der Waals surface area contributed by atoms with Gasteiger partial charge >= 0.3 is 5.97 Å². The van der Waals surface area contributed by atoms with Gasteiger partial charge in [-0.25, -0.2) is 9.78 Å². The first-order chi connectivity index (χ1) is 14.1. The normalized spacial score (nSPS) is 10.8. The molecular formula is C21H16ClN3O4. The largest absolute Gasteiger partial charge is 0.452 e. The Kier molecular flexibility index (Phi) is 6.61. The lowest BCUT2D eigenvalue weighted by Gasteiger charge is -2.21. The van der Waals surface area contributed by atoms with E-state index in [0.29, 0.717) is 21.8 Å². The minimum Gasteiger partial charge on any atom is -0.452 e. The number of esters is 1. The van der Waals surface area contributed by atoms with Gasteiger partial charge < -0.3 is 14.1 Å². The van der Waals surface area contributed by atoms with Crippen molar-refractivity contribution in [2.75, 3.05) is 18.1 Å². The average molecular weight is 410 g/mol. The first-order valence-corrected chi connectivity index (χ1v) is 9.08. The van der Waals surface area contributed by atoms with Crippen molar-refractivity contribution < 1.29 is 18.7 Å². The van der Waals surface area contributed by atoms with Crippen LogP contribution in [0.2, 0.25) is 5.02 Å². The van der Waals surface area contributed by atoms with Crippen molar-refractivity contribution in [2.24, 2.45) is 0 Å². The van der Waals surface area contributed by atoms with Crippen LogP contribution >= 0.6 is 11.6 Å². The predicted octanol–water partition coefficient (Wildman–Crippen LogP) is 3.98. The fourth-order valence-corrected chi connectivity index (χ4v) is 2.75. The minimum absolute atomic E-state index is 0.129. The number of aromatic nitrogens is 1. The highest BCUT2D eigenvalue weighted by Gasteiger charge is 2.17. The summed E-state index contributed by atoms with van der Waals surface area (Å²) >= 11 is 5.97. The van der Waals surface area contributed by atoms with Gasteiger partial charge in [0, 0.05) is 29.4 Å². The number of benzene rings is 2. The Balaban J connectivity index is 1.61. The molecule has 0 saturated heterocycles. The van der Waals surface area contributed by atoms with Crippen molar-refractivity contribution in [3.63, 3.8) is 0 Å². The van der Waals surface area contributed by atoms with E-state index < -0.39 is 18.5 Å². The zero-order valence-electron chi connectivity index (χ0n) is 15.2. The second-order valence-electron chi connectivity index (χ2n) is 5.89. The molecule has 0 unspecified atom stereocenters. The van der Waals surface area contributed by atoms with Gasteiger partial charge in [-0.3, -0.25) is 4.79 Å². The van der Waals surface area contributed by atoms with E-state index in [1.54, 1.807) is 36.4 Å². The zero-order chi connectivity index (χ0) is 20.6. The molecule has 0 aliphatic carbocycles. The number of nitrogens with zero attached hydrogens (tertiary/aromatic N) is 3. The van der Waals surface area contributed by atoms with Gasteiger partial charge in [0.15, 0.2) is 12.2 Å². The number of rotatable bonds is 7. The fraction of sp³-hybridized carbons (Fsp3) is 0.143. The van der Waals surface area contributed by atoms with Crippen LogP contribution in [0.1, 0.15) is 12.3 Å². The molecular weight excluding hydrogens is 394 g/mol. The first-order valence-electron chi connectivity index (χ1n) is 8.70. The number of nitriles is 1. The summed E-state index contributed by atoms with van der Waals surface area (Å²) in [4.78, 5) is 30.0. The number of para-hydroxylation sites is 2. The third kappa shape index (κ3) is 5.43. The molecule has 146 valence electrons. The molecule has 0 N–H and O–H groups in total. The van der Waals surface area contributed by atoms with Crippen LogP contribution in [0.4, 0.5) is 5.69 Å². The monoisotopic (exact) mass is 409 g/mol. The van der Waals surface area contributed by atoms with Gasteiger partial charge in [-0.2, -0.15) is 5.26 Å². The second kappa shape index (κ2) is 9.53. The molecule has 1 aromatic heterocycles. The van der Waals surface area contributed by atoms with Crippen LogP contribution in [-0.4, -0.2) is 30.0 Å². The fourth-order valence-electron chi connectivity index (χ4n) is 2.56. The highest BCUT2D eigenvalue weighted by molar-refractivity contribution is 6.30. The van der Waals surface area contributed by atoms with E-state index in [9.17, 15) is 9.59 Å². The Bertz CT molecular complexity index is 1070. The second-order valence-corrected chi connectivity index (χ2v) is 6.33. The molecule has 2 aromatic carbocycles. The van der Waals surface area contributed by atoms with E-state index in [0.717, 1.165) is 6.08 Å². The number of oxazole rings is 1. The molecule has 0 radical (unpaired) electrons. The zero-order valence-corrected chi connectivity index (χ0v) is 16.0. The number of hydrogen-bond donors (Lipinski definition) is 0. The summed E-state index contributed by atoms with van der Waals surface area (Å²) < 4.78 is 10.5. The summed E-state index contributed by atoms with van der Waals surface area (Å²) in [7, 11) is 0. The SMILES string of the molecule is N#CCCN(C(=O)COC(=O)/C=C/c1nc2ccccc2o1)c1cccc(Cl)c1. The van der Waals surface area contributed by atoms with E-state index in [2.05, 4.69) is 4.98 Å². The van der Waals surface area contributed by atoms with Crippen molar-refractivity contribution in [3.8, 4) is 6.07 Å². The molecule has 29 heavy (non-hydrogen) atoms. The van der Waals surface area contributed by atoms with Crippen LogP contribution in [0.15, 0.2) is 59.0 Å². The lowest BCUT2D eigenvalue weighted by molar-refractivity contribution is -0.142. The Hall–Kier alpha value is -3.63. The van der Waals surface area contributed by atoms with E-state index in [1.807, 2.05) is 18.2 Å². The lowest BCUT2D eigenvalue weighted by atomic mass is 10.2. The molecule has 1 heterocycles. The van der Waals surface area contributed by atoms with Gasteiger partial charge in [-0.15, -0.1) is 0 Å². The van der Waals surface area contributed by atoms with Gasteiger partial charge in [0.2, 0.25) is 5.89 Å². The molecule has 0 atom stereocenters. The quantitative estimate of drug-likeness (QED) is 0.432. The number of carbonyl (C=O) groups excluding carboxylic acids is 2. The standard InChI is InChI=1S/C21H16ClN3O4/c22-15-5-3-6-16(13-15)25(12-4-11-23)20(26)14-28-21(27)10-9-19-24-17-7-1-2-8-18(17)29-19/h1-3,5-10,13H,4,12,14H2/b10-9+. The maximum Gasteiger partial charge on any atom is 0.331 e. The Labute approximate surface area is 171 Å². The number of carbonyl (C=O) groups is 2. The van der Waals surface area contributed by atoms with E-state index in [4.69, 9.17) is 26.0 Å². The molecule has 0 bridgehead atoms. The number of halogens is 1. The van der Waals surface area contributed by atoms with Crippen molar-refractivity contribution in [1.82, 2.24) is 4.98 Å². The van der Waals surface area contributed by atoms with Gasteiger partial charge in [-0.1, -0.05) is 29.8 Å². The van der Waals surface area contributed by atoms with Gasteiger partial charge in [0.25, 0.3) is 5.91 Å². The third-order valence-electron chi connectivity index (χ3n) is 3.88. The van der Waals surface area contributed by atoms with Gasteiger partial charge in [0.1, 0.15) is 5.52 Å². The number of ether oxygens (including phenoxy) is 1. The van der Waals surface area contributed by atoms with Crippen LogP contribution in [0, 0.1) is 11.3 Å². The van der Waals surface area contributed by atoms with E-state index in [1.165, 1.54) is 11.0 Å². The van der Waals surface area contributed by atoms with Crippen molar-refractivity contribution in [3.05, 3.63) is 65.5 Å². The van der Waals surface area contributed by atoms with Crippen LogP contribution in [0.5, 0.6) is 0 Å². The third-order valence-corrected chi connectivity index (χ3v) is 4.11. The van der Waals surface area contributed by atoms with Gasteiger partial charge in [0.05, 0.1) is 12.5 Å². The summed E-state index contributed by atoms with van der Waals surface area (Å²) in [5, 5.41) is 9.28. The van der Waals surface area contributed by atoms with E-state index in [-0.39, 0.29) is 18.9 Å². The molecule has 0 spiro atoms. The van der Waals surface area contributed by atoms with E-state index >= 15 is 0 Å². The van der Waals surface area contributed by atoms with Crippen LogP contribution in [0.3, 0.4) is 0 Å². The van der Waals surface area contributed by atoms with Crippen molar-refractivity contribution >= 4 is 46.3 Å². The van der Waals surface area contributed by atoms with Crippen LogP contribution < -0.4 is 4.90 Å². The predicted molar refractivity (Wildman–Crippen MR) is 108 cm³/mol. The Morgan fingerprint density at radius 3 is 2.83 bits per heavy atom. The molecule has 7 nitrogen and oxygen atoms in total. The molecule has 3 rings (SSSR count). The molecule has 0 aliphatic rings. The first kappa shape index (κ1) is 20.1. The lowest BCUT2D eigenvalue weighted by Crippen LogP contribution is -2.35. The molecule has 8 heteroatoms. The Morgan fingerprint density at radius 1 is 1.24 bits per heavy atom. The molecule has 1 amide bonds. The summed E-state index contributed by atoms with van der Waals surface area (Å²) in [6.07, 6.45) is 2.64. The smallest absolute Gasteiger partial charge is 0.331 e. The molecule has 0 aliphatic heterocycles. The molecule has 0 saturated carbocycles. The minimum atomic E-state index is -0.716.